The van der Waals surface area contributed by atoms with Crippen molar-refractivity contribution >= 4 is 33.4 Å². The zero-order valence-electron chi connectivity index (χ0n) is 25.1. The molecular weight excluding hydrogens is 547 g/mol. The van der Waals surface area contributed by atoms with Crippen LogP contribution in [0.3, 0.4) is 0 Å². The summed E-state index contributed by atoms with van der Waals surface area (Å²) in [6.07, 6.45) is 36.5. The summed E-state index contributed by atoms with van der Waals surface area (Å²) in [5.74, 6) is 0.755. The van der Waals surface area contributed by atoms with Crippen LogP contribution < -0.4 is 10.6 Å². The molecule has 0 aliphatic carbocycles. The van der Waals surface area contributed by atoms with E-state index in [4.69, 9.17) is 0 Å². The van der Waals surface area contributed by atoms with E-state index in [0.29, 0.717) is 25.1 Å². The van der Waals surface area contributed by atoms with Gasteiger partial charge in [0.15, 0.2) is 0 Å². The number of allylic oxidation sites excluding steroid dienone is 12. The number of nitrogens with one attached hydrogen (secondary N) is 2. The highest BCUT2D eigenvalue weighted by atomic mass is 33.1. The predicted octanol–water partition coefficient (Wildman–Crippen LogP) is 8.57. The van der Waals surface area contributed by atoms with E-state index in [-0.39, 0.29) is 16.6 Å². The third kappa shape index (κ3) is 22.6. The first kappa shape index (κ1) is 36.3. The van der Waals surface area contributed by atoms with E-state index in [1.807, 2.05) is 0 Å². The van der Waals surface area contributed by atoms with E-state index in [2.05, 4.69) is 109 Å². The van der Waals surface area contributed by atoms with Crippen molar-refractivity contribution in [2.75, 3.05) is 18.8 Å². The summed E-state index contributed by atoms with van der Waals surface area (Å²) in [6.45, 7) is 7.57. The molecule has 7 heteroatoms. The summed E-state index contributed by atoms with van der Waals surface area (Å²) in [5, 5.41) is 5.95. The second kappa shape index (κ2) is 25.0. The van der Waals surface area contributed by atoms with Crippen LogP contribution in [-0.2, 0) is 4.79 Å². The molecule has 0 saturated heterocycles. The Morgan fingerprint density at radius 2 is 1.39 bits per heavy atom. The molecule has 2 amide bonds. The first-order valence-corrected chi connectivity index (χ1v) is 16.9. The third-order valence-corrected chi connectivity index (χ3v) is 8.82. The topological polar surface area (TPSA) is 71.1 Å². The summed E-state index contributed by atoms with van der Waals surface area (Å²) in [5.41, 5.74) is 0.567. The third-order valence-electron chi connectivity index (χ3n) is 5.53. The molecule has 0 atom stereocenters. The molecule has 0 saturated carbocycles. The Bertz CT molecular complexity index is 1010. The maximum Gasteiger partial charge on any atom is 0.252 e. The Morgan fingerprint density at radius 3 is 1.93 bits per heavy atom. The highest BCUT2D eigenvalue weighted by Gasteiger charge is 2.19. The molecule has 1 aromatic rings. The zero-order chi connectivity index (χ0) is 29.9. The lowest BCUT2D eigenvalue weighted by Crippen LogP contribution is -2.35. The monoisotopic (exact) mass is 595 g/mol. The van der Waals surface area contributed by atoms with Crippen LogP contribution in [0.2, 0.25) is 0 Å². The van der Waals surface area contributed by atoms with Crippen molar-refractivity contribution < 1.29 is 9.59 Å². The number of pyridine rings is 1. The molecule has 0 radical (unpaired) electrons. The molecule has 1 aromatic heterocycles. The van der Waals surface area contributed by atoms with Gasteiger partial charge in [0, 0.05) is 42.4 Å². The smallest absolute Gasteiger partial charge is 0.252 e. The lowest BCUT2D eigenvalue weighted by atomic mass is 10.2. The van der Waals surface area contributed by atoms with Crippen LogP contribution in [0.5, 0.6) is 0 Å². The van der Waals surface area contributed by atoms with Crippen LogP contribution >= 0.6 is 21.6 Å². The van der Waals surface area contributed by atoms with Crippen LogP contribution in [0.4, 0.5) is 0 Å². The average molecular weight is 596 g/mol. The highest BCUT2D eigenvalue weighted by Crippen LogP contribution is 2.34. The molecule has 5 nitrogen and oxygen atoms in total. The van der Waals surface area contributed by atoms with Crippen LogP contribution in [0, 0.1) is 0 Å². The van der Waals surface area contributed by atoms with Crippen molar-refractivity contribution in [1.82, 2.24) is 15.6 Å². The van der Waals surface area contributed by atoms with Gasteiger partial charge in [-0.05, 0) is 70.9 Å². The van der Waals surface area contributed by atoms with Gasteiger partial charge >= 0.3 is 0 Å². The summed E-state index contributed by atoms with van der Waals surface area (Å²) < 4.78 is -0.0953. The molecule has 224 valence electrons. The molecular formula is C34H49N3O2S2. The Kier molecular flexibility index (Phi) is 22.1. The molecule has 0 aliphatic rings. The van der Waals surface area contributed by atoms with Crippen LogP contribution in [0.25, 0.3) is 0 Å². The Balaban J connectivity index is 2.02. The van der Waals surface area contributed by atoms with Crippen LogP contribution in [-0.4, -0.2) is 40.4 Å². The number of amides is 2. The lowest BCUT2D eigenvalue weighted by molar-refractivity contribution is -0.121. The number of aromatic nitrogens is 1. The molecule has 0 aliphatic heterocycles. The molecule has 1 heterocycles. The highest BCUT2D eigenvalue weighted by molar-refractivity contribution is 8.77. The first-order valence-electron chi connectivity index (χ1n) is 14.6. The van der Waals surface area contributed by atoms with Crippen molar-refractivity contribution in [1.29, 1.82) is 0 Å². The van der Waals surface area contributed by atoms with Crippen molar-refractivity contribution in [3.63, 3.8) is 0 Å². The van der Waals surface area contributed by atoms with E-state index in [1.165, 1.54) is 0 Å². The van der Waals surface area contributed by atoms with Crippen LogP contribution in [0.1, 0.15) is 82.5 Å². The minimum absolute atomic E-state index is 0.0759. The fourth-order valence-corrected chi connectivity index (χ4v) is 5.64. The van der Waals surface area contributed by atoms with E-state index in [1.54, 1.807) is 46.1 Å². The van der Waals surface area contributed by atoms with Gasteiger partial charge in [0.25, 0.3) is 5.91 Å². The normalized spacial score (nSPS) is 12.7. The van der Waals surface area contributed by atoms with Gasteiger partial charge in [0.05, 0.1) is 5.56 Å². The van der Waals surface area contributed by atoms with E-state index in [9.17, 15) is 9.59 Å². The molecule has 1 rings (SSSR count). The lowest BCUT2D eigenvalue weighted by Gasteiger charge is -2.23. The Morgan fingerprint density at radius 1 is 0.829 bits per heavy atom. The number of carbonyl (C=O) groups excluding carboxylic acids is 2. The van der Waals surface area contributed by atoms with Gasteiger partial charge in [-0.1, -0.05) is 101 Å². The maximum absolute atomic E-state index is 12.2. The second-order valence-corrected chi connectivity index (χ2v) is 13.0. The Hall–Kier alpha value is -2.77. The fraction of sp³-hybridized carbons (Fsp3) is 0.441. The standard InChI is InChI=1S/C34H49N3O2S2/c1-4-5-6-7-8-9-10-11-12-13-14-15-16-17-18-19-20-21-22-25-32(38)37-30-34(2,3)41-40-28-27-36-33(39)31-24-23-26-35-29-31/h5-6,8-9,11-12,14-15,17-18,20-21,23-24,26,29H,4,7,10,13,16,19,22,25,27-28,30H2,1-3H3,(H,36,39)(H,37,38)/b6-5-,9-8-,12-11-,15-14-,18-17-,21-20-. The summed E-state index contributed by atoms with van der Waals surface area (Å²) in [7, 11) is 3.42. The summed E-state index contributed by atoms with van der Waals surface area (Å²) in [6, 6.07) is 3.50. The molecule has 0 unspecified atom stereocenters. The predicted molar refractivity (Wildman–Crippen MR) is 181 cm³/mol. The average Bonchev–Trinajstić information content (AvgIpc) is 2.97. The number of nitrogens with zero attached hydrogens (tertiary/aromatic N) is 1. The molecule has 2 N–H and O–H groups in total. The zero-order valence-corrected chi connectivity index (χ0v) is 26.7. The van der Waals surface area contributed by atoms with Crippen molar-refractivity contribution in [3.05, 3.63) is 103 Å². The SMILES string of the molecule is CC/C=C\C/C=C\C/C=C\C/C=C\C/C=C\C/C=C\CCC(=O)NCC(C)(C)SSCCNC(=O)c1cccnc1. The van der Waals surface area contributed by atoms with Crippen molar-refractivity contribution in [2.45, 2.75) is 76.9 Å². The summed E-state index contributed by atoms with van der Waals surface area (Å²) >= 11 is 0. The van der Waals surface area contributed by atoms with Crippen molar-refractivity contribution in [3.8, 4) is 0 Å². The minimum atomic E-state index is -0.109. The van der Waals surface area contributed by atoms with Gasteiger partial charge in [0.1, 0.15) is 0 Å². The summed E-state index contributed by atoms with van der Waals surface area (Å²) in [4.78, 5) is 28.2. The fourth-order valence-electron chi connectivity index (χ4n) is 3.29. The first-order chi connectivity index (χ1) is 19.9. The van der Waals surface area contributed by atoms with Gasteiger partial charge in [0.2, 0.25) is 5.91 Å². The number of hydrogen-bond acceptors (Lipinski definition) is 5. The minimum Gasteiger partial charge on any atom is -0.355 e. The number of hydrogen-bond donors (Lipinski definition) is 2. The molecule has 0 spiro atoms. The van der Waals surface area contributed by atoms with Gasteiger partial charge < -0.3 is 10.6 Å². The number of rotatable bonds is 22. The molecule has 41 heavy (non-hydrogen) atoms. The van der Waals surface area contributed by atoms with Gasteiger partial charge in [-0.25, -0.2) is 0 Å². The van der Waals surface area contributed by atoms with Crippen molar-refractivity contribution in [2.24, 2.45) is 0 Å². The number of carbonyl (C=O) groups is 2. The van der Waals surface area contributed by atoms with E-state index < -0.39 is 0 Å². The van der Waals surface area contributed by atoms with Gasteiger partial charge in [-0.2, -0.15) is 0 Å². The van der Waals surface area contributed by atoms with Gasteiger partial charge in [-0.3, -0.25) is 14.6 Å². The van der Waals surface area contributed by atoms with E-state index in [0.717, 1.165) is 50.7 Å². The quantitative estimate of drug-likeness (QED) is 0.0798. The maximum atomic E-state index is 12.2. The molecule has 0 aromatic carbocycles. The molecule has 0 fully saturated rings. The largest absolute Gasteiger partial charge is 0.355 e. The second-order valence-electron chi connectivity index (χ2n) is 9.89. The Labute approximate surface area is 256 Å². The van der Waals surface area contributed by atoms with Crippen LogP contribution in [0.15, 0.2) is 97.4 Å². The van der Waals surface area contributed by atoms with Gasteiger partial charge in [-0.15, -0.1) is 0 Å². The molecule has 0 bridgehead atoms. The van der Waals surface area contributed by atoms with E-state index >= 15 is 0 Å².